The van der Waals surface area contributed by atoms with Crippen LogP contribution in [0.3, 0.4) is 0 Å². The van der Waals surface area contributed by atoms with E-state index in [1.54, 1.807) is 157 Å². The van der Waals surface area contributed by atoms with Crippen molar-refractivity contribution in [1.29, 1.82) is 0 Å². The van der Waals surface area contributed by atoms with E-state index in [1.807, 2.05) is 0 Å². The second kappa shape index (κ2) is 25.0. The van der Waals surface area contributed by atoms with E-state index in [0.29, 0.717) is 47.6 Å². The maximum atomic E-state index is 15.6. The van der Waals surface area contributed by atoms with Gasteiger partial charge in [-0.3, -0.25) is 30.6 Å². The molecule has 0 fully saturated rings. The van der Waals surface area contributed by atoms with Gasteiger partial charge in [0.2, 0.25) is 0 Å². The Balaban J connectivity index is 1.44. The van der Waals surface area contributed by atoms with Crippen molar-refractivity contribution in [2.24, 2.45) is 10.2 Å². The minimum atomic E-state index is -1.30. The summed E-state index contributed by atoms with van der Waals surface area (Å²) in [6, 6.07) is 28.0. The minimum Gasteiger partial charge on any atom is -0.443 e. The number of imide groups is 2. The normalized spacial score (nSPS) is 11.9. The van der Waals surface area contributed by atoms with Crippen LogP contribution in [0.1, 0.15) is 109 Å². The number of fused-ring (bicyclic) bond motifs is 2. The fourth-order valence-electron chi connectivity index (χ4n) is 8.09. The second-order valence-electron chi connectivity index (χ2n) is 23.0. The summed E-state index contributed by atoms with van der Waals surface area (Å²) in [5, 5.41) is 22.6. The number of hydrogen-bond donors (Lipinski definition) is 2. The third-order valence-electron chi connectivity index (χ3n) is 11.5. The number of nitro groups is 1. The molecule has 0 spiro atoms. The van der Waals surface area contributed by atoms with E-state index in [9.17, 15) is 29.3 Å². The van der Waals surface area contributed by atoms with E-state index in [0.717, 1.165) is 18.2 Å². The standard InChI is InChI=1S/C61H60Cl3N7O14/c1-33-28-36(62)22-25-44(33)65-67-48-39-20-16-14-18-34(39)29-41(50(48)80-56(76)84-60(8,9)10)52(72)69(54(74)82-58(2,3)4)38-24-27-46(43(64)32-38)70(55(75)83-59(5,6)7)53(73)42-30-35-19-15-17-21-40(35)49(51(42)81-57(77)85-61(11,12)13)68-66-45-26-23-37(63)31-47(45)71(78)79/h14-32,66,68H,1-13H3. The molecule has 0 saturated carbocycles. The summed E-state index contributed by atoms with van der Waals surface area (Å²) >= 11 is 19.5. The van der Waals surface area contributed by atoms with Crippen molar-refractivity contribution in [3.05, 3.63) is 157 Å². The van der Waals surface area contributed by atoms with E-state index in [1.165, 1.54) is 30.3 Å². The van der Waals surface area contributed by atoms with Crippen LogP contribution in [0.15, 0.2) is 125 Å². The molecule has 0 saturated heterocycles. The SMILES string of the molecule is Cc1cc(Cl)ccc1N=Nc1c(OC(=O)OC(C)(C)C)c(C(=O)N(C(=O)OC(C)(C)C)c2ccc(N(C(=O)OC(C)(C)C)C(=O)c3cc4ccccc4c(NNc4ccc(Cl)cc4[N+](=O)[O-])c3OC(=O)OC(C)(C)C)c(Cl)c2)cc2ccccc12. The first-order chi connectivity index (χ1) is 39.6. The summed E-state index contributed by atoms with van der Waals surface area (Å²) in [6.07, 6.45) is -5.10. The van der Waals surface area contributed by atoms with Gasteiger partial charge in [-0.2, -0.15) is 5.11 Å². The Morgan fingerprint density at radius 1 is 0.541 bits per heavy atom. The molecular weight excluding hydrogens is 1160 g/mol. The van der Waals surface area contributed by atoms with Gasteiger partial charge in [0.05, 0.1) is 38.1 Å². The van der Waals surface area contributed by atoms with Crippen LogP contribution in [0, 0.1) is 17.0 Å². The van der Waals surface area contributed by atoms with E-state index < -0.39 is 97.0 Å². The lowest BCUT2D eigenvalue weighted by Crippen LogP contribution is -2.42. The summed E-state index contributed by atoms with van der Waals surface area (Å²) in [5.74, 6) is -3.38. The third kappa shape index (κ3) is 16.0. The number of halogens is 3. The highest BCUT2D eigenvalue weighted by atomic mass is 35.5. The number of anilines is 4. The molecule has 0 aliphatic rings. The lowest BCUT2D eigenvalue weighted by atomic mass is 10.0. The maximum absolute atomic E-state index is 15.6. The van der Waals surface area contributed by atoms with E-state index in [-0.39, 0.29) is 33.5 Å². The predicted octanol–water partition coefficient (Wildman–Crippen LogP) is 17.8. The van der Waals surface area contributed by atoms with Gasteiger partial charge in [0, 0.05) is 26.9 Å². The van der Waals surface area contributed by atoms with Crippen LogP contribution in [0.4, 0.5) is 59.0 Å². The molecule has 0 unspecified atom stereocenters. The zero-order chi connectivity index (χ0) is 62.7. The highest BCUT2D eigenvalue weighted by molar-refractivity contribution is 6.37. The van der Waals surface area contributed by atoms with Gasteiger partial charge < -0.3 is 28.4 Å². The summed E-state index contributed by atoms with van der Waals surface area (Å²) in [6.45, 7) is 20.6. The second-order valence-corrected chi connectivity index (χ2v) is 24.3. The largest absolute Gasteiger partial charge is 0.514 e. The van der Waals surface area contributed by atoms with Crippen molar-refractivity contribution < 1.29 is 62.1 Å². The maximum Gasteiger partial charge on any atom is 0.514 e. The number of carbonyl (C=O) groups excluding carboxylic acids is 6. The summed E-state index contributed by atoms with van der Waals surface area (Å²) in [7, 11) is 0. The Morgan fingerprint density at radius 2 is 1.04 bits per heavy atom. The zero-order valence-electron chi connectivity index (χ0n) is 48.6. The number of nitrogens with zero attached hydrogens (tertiary/aromatic N) is 5. The first-order valence-electron chi connectivity index (χ1n) is 26.1. The Kier molecular flexibility index (Phi) is 18.7. The molecule has 4 amide bonds. The number of amides is 4. The van der Waals surface area contributed by atoms with Gasteiger partial charge >= 0.3 is 24.5 Å². The lowest BCUT2D eigenvalue weighted by molar-refractivity contribution is -0.383. The van der Waals surface area contributed by atoms with Gasteiger partial charge in [0.15, 0.2) is 11.5 Å². The molecular formula is C61H60Cl3N7O14. The molecule has 0 bridgehead atoms. The molecule has 444 valence electrons. The monoisotopic (exact) mass is 1220 g/mol. The van der Waals surface area contributed by atoms with E-state index >= 15 is 9.59 Å². The fraction of sp³-hybridized carbons (Fsp3) is 0.279. The van der Waals surface area contributed by atoms with E-state index in [2.05, 4.69) is 21.1 Å². The first-order valence-corrected chi connectivity index (χ1v) is 27.2. The Morgan fingerprint density at radius 3 is 1.59 bits per heavy atom. The molecule has 0 aliphatic heterocycles. The lowest BCUT2D eigenvalue weighted by Gasteiger charge is -2.29. The zero-order valence-corrected chi connectivity index (χ0v) is 50.8. The molecule has 7 aromatic rings. The molecule has 2 N–H and O–H groups in total. The Hall–Kier alpha value is -9.05. The number of benzene rings is 7. The van der Waals surface area contributed by atoms with Crippen molar-refractivity contribution in [2.75, 3.05) is 20.7 Å². The average molecular weight is 1220 g/mol. The number of azo groups is 1. The molecule has 0 radical (unpaired) electrons. The van der Waals surface area contributed by atoms with Crippen LogP contribution in [0.5, 0.6) is 11.5 Å². The highest BCUT2D eigenvalue weighted by Crippen LogP contribution is 2.45. The number of hydrazine groups is 1. The Bertz CT molecular complexity index is 3860. The van der Waals surface area contributed by atoms with Crippen LogP contribution in [0.25, 0.3) is 21.5 Å². The fourth-order valence-corrected chi connectivity index (χ4v) is 8.74. The van der Waals surface area contributed by atoms with E-state index in [4.69, 9.17) is 63.2 Å². The van der Waals surface area contributed by atoms with Crippen molar-refractivity contribution in [3.63, 3.8) is 0 Å². The van der Waals surface area contributed by atoms with Crippen LogP contribution in [-0.2, 0) is 18.9 Å². The first kappa shape index (κ1) is 63.5. The Labute approximate surface area is 504 Å². The quantitative estimate of drug-likeness (QED) is 0.0288. The molecule has 85 heavy (non-hydrogen) atoms. The average Bonchev–Trinajstić information content (AvgIpc) is 1.71. The van der Waals surface area contributed by atoms with Gasteiger partial charge in [-0.05, 0) is 167 Å². The molecule has 0 aliphatic carbocycles. The topological polar surface area (TPSA) is 256 Å². The molecule has 0 aromatic heterocycles. The number of hydrogen-bond acceptors (Lipinski definition) is 18. The molecule has 21 nitrogen and oxygen atoms in total. The van der Waals surface area contributed by atoms with Crippen LogP contribution >= 0.6 is 34.8 Å². The number of carbonyl (C=O) groups is 6. The van der Waals surface area contributed by atoms with Crippen molar-refractivity contribution in [1.82, 2.24) is 0 Å². The highest BCUT2D eigenvalue weighted by Gasteiger charge is 2.39. The molecule has 0 atom stereocenters. The third-order valence-corrected chi connectivity index (χ3v) is 12.2. The molecule has 7 aromatic carbocycles. The summed E-state index contributed by atoms with van der Waals surface area (Å²) in [5.41, 5.74) is -0.472. The number of ether oxygens (including phenoxy) is 6. The number of rotatable bonds is 12. The van der Waals surface area contributed by atoms with Crippen molar-refractivity contribution in [3.8, 4) is 11.5 Å². The number of nitro benzene ring substituents is 1. The van der Waals surface area contributed by atoms with Gasteiger partial charge in [0.25, 0.3) is 17.5 Å². The van der Waals surface area contributed by atoms with Gasteiger partial charge in [0.1, 0.15) is 39.5 Å². The van der Waals surface area contributed by atoms with Gasteiger partial charge in [-0.1, -0.05) is 83.3 Å². The van der Waals surface area contributed by atoms with Gasteiger partial charge in [-0.25, -0.2) is 29.0 Å². The molecule has 24 heteroatoms. The van der Waals surface area contributed by atoms with Crippen LogP contribution < -0.4 is 30.1 Å². The molecule has 0 heterocycles. The summed E-state index contributed by atoms with van der Waals surface area (Å²) < 4.78 is 34.5. The number of aryl methyl sites for hydroxylation is 1. The summed E-state index contributed by atoms with van der Waals surface area (Å²) in [4.78, 5) is 101. The smallest absolute Gasteiger partial charge is 0.443 e. The van der Waals surface area contributed by atoms with Gasteiger partial charge in [-0.15, -0.1) is 5.11 Å². The minimum absolute atomic E-state index is 0.0601. The molecule has 7 rings (SSSR count). The number of nitrogens with one attached hydrogen (secondary N) is 2. The van der Waals surface area contributed by atoms with Crippen LogP contribution in [-0.4, -0.2) is 63.6 Å². The van der Waals surface area contributed by atoms with Crippen molar-refractivity contribution >= 4 is 132 Å². The van der Waals surface area contributed by atoms with Crippen molar-refractivity contribution in [2.45, 2.75) is 112 Å². The predicted molar refractivity (Wildman–Crippen MR) is 325 cm³/mol. The van der Waals surface area contributed by atoms with Crippen LogP contribution in [0.2, 0.25) is 15.1 Å².